The van der Waals surface area contributed by atoms with Gasteiger partial charge in [0.15, 0.2) is 5.79 Å². The summed E-state index contributed by atoms with van der Waals surface area (Å²) in [6.07, 6.45) is 6.34. The van der Waals surface area contributed by atoms with E-state index >= 15 is 0 Å². The van der Waals surface area contributed by atoms with Crippen LogP contribution in [0.1, 0.15) is 73.1 Å². The van der Waals surface area contributed by atoms with E-state index in [1.807, 2.05) is 0 Å². The second-order valence-electron chi connectivity index (χ2n) is 10.1. The maximum Gasteiger partial charge on any atom is 0.332 e. The molecule has 27 heavy (non-hydrogen) atoms. The van der Waals surface area contributed by atoms with Crippen LogP contribution in [0.25, 0.3) is 0 Å². The standard InChI is InChI=1S/C21H40O5Si/c1-18(2,3)26-27(6,7)25-15-13-19(4)10-8-12-21(23-16-17-24-21)20(19,5)11-9-14-22/h14H,8-13,15-17H2,1-7H3/t19-,20+/m1/s1. The second-order valence-corrected chi connectivity index (χ2v) is 13.4. The lowest BCUT2D eigenvalue weighted by Crippen LogP contribution is -2.59. The zero-order chi connectivity index (χ0) is 20.4. The van der Waals surface area contributed by atoms with E-state index in [0.29, 0.717) is 26.2 Å². The highest BCUT2D eigenvalue weighted by molar-refractivity contribution is 6.64. The van der Waals surface area contributed by atoms with Crippen molar-refractivity contribution in [3.8, 4) is 0 Å². The molecule has 1 spiro atoms. The minimum atomic E-state index is -2.19. The molecule has 0 unspecified atom stereocenters. The molecule has 1 saturated carbocycles. The smallest absolute Gasteiger partial charge is 0.332 e. The first-order valence-corrected chi connectivity index (χ1v) is 13.3. The van der Waals surface area contributed by atoms with Crippen LogP contribution >= 0.6 is 0 Å². The molecule has 2 rings (SSSR count). The molecule has 0 bridgehead atoms. The first-order chi connectivity index (χ1) is 12.4. The molecule has 2 aliphatic rings. The van der Waals surface area contributed by atoms with Gasteiger partial charge in [-0.1, -0.05) is 13.8 Å². The molecule has 1 heterocycles. The fourth-order valence-electron chi connectivity index (χ4n) is 5.17. The Bertz CT molecular complexity index is 509. The summed E-state index contributed by atoms with van der Waals surface area (Å²) in [4.78, 5) is 11.2. The third-order valence-corrected chi connectivity index (χ3v) is 8.58. The fraction of sp³-hybridized carbons (Fsp3) is 0.952. The Morgan fingerprint density at radius 2 is 1.70 bits per heavy atom. The maximum absolute atomic E-state index is 11.2. The third kappa shape index (κ3) is 5.02. The van der Waals surface area contributed by atoms with Crippen molar-refractivity contribution in [3.05, 3.63) is 0 Å². The lowest BCUT2D eigenvalue weighted by Gasteiger charge is -2.58. The first-order valence-electron chi connectivity index (χ1n) is 10.4. The van der Waals surface area contributed by atoms with Gasteiger partial charge in [-0.15, -0.1) is 0 Å². The summed E-state index contributed by atoms with van der Waals surface area (Å²) >= 11 is 0. The number of ether oxygens (including phenoxy) is 2. The highest BCUT2D eigenvalue weighted by Crippen LogP contribution is 2.62. The lowest BCUT2D eigenvalue weighted by molar-refractivity contribution is -0.292. The van der Waals surface area contributed by atoms with Crippen LogP contribution < -0.4 is 0 Å². The molecular weight excluding hydrogens is 360 g/mol. The van der Waals surface area contributed by atoms with Gasteiger partial charge in [0.1, 0.15) is 6.29 Å². The van der Waals surface area contributed by atoms with Gasteiger partial charge in [-0.25, -0.2) is 0 Å². The van der Waals surface area contributed by atoms with Crippen molar-refractivity contribution in [1.82, 2.24) is 0 Å². The second kappa shape index (κ2) is 8.23. The highest BCUT2D eigenvalue weighted by atomic mass is 28.4. The van der Waals surface area contributed by atoms with Gasteiger partial charge in [-0.05, 0) is 65.0 Å². The van der Waals surface area contributed by atoms with Crippen LogP contribution in [0, 0.1) is 10.8 Å². The third-order valence-electron chi connectivity index (χ3n) is 6.58. The minimum Gasteiger partial charge on any atom is -0.394 e. The van der Waals surface area contributed by atoms with Crippen LogP contribution in [0.15, 0.2) is 0 Å². The van der Waals surface area contributed by atoms with Crippen LogP contribution in [0.2, 0.25) is 13.1 Å². The Morgan fingerprint density at radius 1 is 1.07 bits per heavy atom. The number of carbonyl (C=O) groups excluding carboxylic acids is 1. The number of carbonyl (C=O) groups is 1. The zero-order valence-electron chi connectivity index (χ0n) is 18.5. The molecule has 1 saturated heterocycles. The summed E-state index contributed by atoms with van der Waals surface area (Å²) in [5.41, 5.74) is -0.418. The van der Waals surface area contributed by atoms with Crippen molar-refractivity contribution in [1.29, 1.82) is 0 Å². The van der Waals surface area contributed by atoms with Crippen LogP contribution in [0.3, 0.4) is 0 Å². The highest BCUT2D eigenvalue weighted by Gasteiger charge is 2.62. The molecule has 0 aromatic carbocycles. The molecule has 0 amide bonds. The van der Waals surface area contributed by atoms with Crippen molar-refractivity contribution in [2.45, 2.75) is 97.6 Å². The molecule has 158 valence electrons. The van der Waals surface area contributed by atoms with Gasteiger partial charge in [0.25, 0.3) is 0 Å². The summed E-state index contributed by atoms with van der Waals surface area (Å²) in [5, 5.41) is 0. The monoisotopic (exact) mass is 400 g/mol. The molecule has 0 aromatic rings. The summed E-state index contributed by atoms with van der Waals surface area (Å²) in [5.74, 6) is -0.558. The van der Waals surface area contributed by atoms with Gasteiger partial charge in [0, 0.05) is 24.9 Å². The minimum absolute atomic E-state index is 0.00911. The Morgan fingerprint density at radius 3 is 2.26 bits per heavy atom. The molecule has 1 aliphatic carbocycles. The van der Waals surface area contributed by atoms with E-state index < -0.39 is 14.3 Å². The van der Waals surface area contributed by atoms with Gasteiger partial charge >= 0.3 is 8.56 Å². The van der Waals surface area contributed by atoms with E-state index in [4.69, 9.17) is 18.3 Å². The largest absolute Gasteiger partial charge is 0.394 e. The maximum atomic E-state index is 11.2. The summed E-state index contributed by atoms with van der Waals surface area (Å²) in [6.45, 7) is 17.0. The number of hydrogen-bond acceptors (Lipinski definition) is 5. The van der Waals surface area contributed by atoms with Crippen molar-refractivity contribution in [2.24, 2.45) is 10.8 Å². The Kier molecular flexibility index (Phi) is 7.01. The molecule has 2 fully saturated rings. The molecule has 0 N–H and O–H groups in total. The molecular formula is C21H40O5Si. The Labute approximate surface area is 166 Å². The topological polar surface area (TPSA) is 54.0 Å². The van der Waals surface area contributed by atoms with E-state index in [2.05, 4.69) is 47.7 Å². The van der Waals surface area contributed by atoms with Gasteiger partial charge in [0.2, 0.25) is 0 Å². The zero-order valence-corrected chi connectivity index (χ0v) is 19.5. The quantitative estimate of drug-likeness (QED) is 0.431. The predicted molar refractivity (Wildman–Crippen MR) is 109 cm³/mol. The van der Waals surface area contributed by atoms with Crippen LogP contribution in [0.4, 0.5) is 0 Å². The van der Waals surface area contributed by atoms with E-state index in [1.54, 1.807) is 0 Å². The molecule has 0 aromatic heterocycles. The summed E-state index contributed by atoms with van der Waals surface area (Å²) in [7, 11) is -2.19. The predicted octanol–water partition coefficient (Wildman–Crippen LogP) is 4.83. The van der Waals surface area contributed by atoms with Crippen molar-refractivity contribution < 1.29 is 23.1 Å². The normalized spacial score (nSPS) is 31.4. The van der Waals surface area contributed by atoms with E-state index in [1.165, 1.54) is 0 Å². The van der Waals surface area contributed by atoms with Gasteiger partial charge < -0.3 is 23.1 Å². The van der Waals surface area contributed by atoms with Gasteiger partial charge in [0.05, 0.1) is 18.8 Å². The molecule has 5 nitrogen and oxygen atoms in total. The van der Waals surface area contributed by atoms with E-state index in [9.17, 15) is 4.79 Å². The lowest BCUT2D eigenvalue weighted by atomic mass is 9.52. The van der Waals surface area contributed by atoms with E-state index in [0.717, 1.165) is 38.4 Å². The number of hydrogen-bond donors (Lipinski definition) is 0. The molecule has 2 atom stereocenters. The first kappa shape index (κ1) is 23.0. The van der Waals surface area contributed by atoms with Gasteiger partial charge in [-0.2, -0.15) is 0 Å². The molecule has 0 radical (unpaired) electrons. The SMILES string of the molecule is CC(C)(C)O[Si](C)(C)OCC[C@@]1(C)CCCC2(OCCO2)[C@@]1(C)CCC=O. The van der Waals surface area contributed by atoms with Crippen molar-refractivity contribution in [2.75, 3.05) is 19.8 Å². The van der Waals surface area contributed by atoms with Crippen LogP contribution in [-0.2, 0) is 23.1 Å². The Balaban J connectivity index is 2.13. The van der Waals surface area contributed by atoms with Crippen LogP contribution in [-0.4, -0.2) is 46.1 Å². The van der Waals surface area contributed by atoms with Gasteiger partial charge in [-0.3, -0.25) is 0 Å². The molecule has 1 aliphatic heterocycles. The molecule has 6 heteroatoms. The summed E-state index contributed by atoms with van der Waals surface area (Å²) in [6, 6.07) is 0. The number of rotatable bonds is 8. The van der Waals surface area contributed by atoms with E-state index in [-0.39, 0.29) is 16.4 Å². The average Bonchev–Trinajstić information content (AvgIpc) is 2.98. The fourth-order valence-corrected chi connectivity index (χ4v) is 7.30. The van der Waals surface area contributed by atoms with Crippen molar-refractivity contribution in [3.63, 3.8) is 0 Å². The average molecular weight is 401 g/mol. The van der Waals surface area contributed by atoms with Crippen molar-refractivity contribution >= 4 is 14.8 Å². The Hall–Kier alpha value is -0.273. The summed E-state index contributed by atoms with van der Waals surface area (Å²) < 4.78 is 24.9. The van der Waals surface area contributed by atoms with Crippen LogP contribution in [0.5, 0.6) is 0 Å². The number of aldehydes is 1.